The fourth-order valence-electron chi connectivity index (χ4n) is 2.54. The molecule has 2 aromatic rings. The Hall–Kier alpha value is -1.38. The van der Waals surface area contributed by atoms with E-state index >= 15 is 0 Å². The van der Waals surface area contributed by atoms with Crippen LogP contribution in [-0.4, -0.2) is 25.8 Å². The molecule has 2 heteroatoms. The van der Waals surface area contributed by atoms with E-state index in [0.29, 0.717) is 0 Å². The SMILES string of the molecule is COC1(Cc2cccc3ccccc23)CNC1. The molecule has 2 aromatic carbocycles. The average Bonchev–Trinajstić information content (AvgIpc) is 2.34. The van der Waals surface area contributed by atoms with Gasteiger partial charge >= 0.3 is 0 Å². The summed E-state index contributed by atoms with van der Waals surface area (Å²) in [6.45, 7) is 1.90. The summed E-state index contributed by atoms with van der Waals surface area (Å²) in [6.07, 6.45) is 0.984. The summed E-state index contributed by atoms with van der Waals surface area (Å²) >= 11 is 0. The molecule has 0 amide bonds. The fraction of sp³-hybridized carbons (Fsp3) is 0.333. The molecule has 1 aliphatic rings. The summed E-state index contributed by atoms with van der Waals surface area (Å²) in [5, 5.41) is 5.95. The van der Waals surface area contributed by atoms with Gasteiger partial charge in [-0.2, -0.15) is 0 Å². The summed E-state index contributed by atoms with van der Waals surface area (Å²) in [5.41, 5.74) is 1.39. The van der Waals surface area contributed by atoms with E-state index < -0.39 is 0 Å². The molecule has 17 heavy (non-hydrogen) atoms. The highest BCUT2D eigenvalue weighted by atomic mass is 16.5. The number of hydrogen-bond acceptors (Lipinski definition) is 2. The highest BCUT2D eigenvalue weighted by molar-refractivity contribution is 5.85. The van der Waals surface area contributed by atoms with E-state index in [2.05, 4.69) is 47.8 Å². The van der Waals surface area contributed by atoms with Gasteiger partial charge in [-0.15, -0.1) is 0 Å². The first-order valence-corrected chi connectivity index (χ1v) is 6.06. The smallest absolute Gasteiger partial charge is 0.0966 e. The van der Waals surface area contributed by atoms with Crippen molar-refractivity contribution in [3.63, 3.8) is 0 Å². The topological polar surface area (TPSA) is 21.3 Å². The van der Waals surface area contributed by atoms with Gasteiger partial charge in [0.15, 0.2) is 0 Å². The quantitative estimate of drug-likeness (QED) is 0.869. The summed E-state index contributed by atoms with van der Waals surface area (Å²) in [7, 11) is 1.81. The van der Waals surface area contributed by atoms with Gasteiger partial charge < -0.3 is 10.1 Å². The molecule has 1 fully saturated rings. The van der Waals surface area contributed by atoms with Crippen molar-refractivity contribution < 1.29 is 4.74 Å². The number of fused-ring (bicyclic) bond motifs is 1. The van der Waals surface area contributed by atoms with Crippen LogP contribution in [0.4, 0.5) is 0 Å². The van der Waals surface area contributed by atoms with Crippen molar-refractivity contribution in [3.8, 4) is 0 Å². The first-order chi connectivity index (χ1) is 8.33. The molecule has 1 N–H and O–H groups in total. The van der Waals surface area contributed by atoms with Gasteiger partial charge in [-0.25, -0.2) is 0 Å². The molecule has 0 unspecified atom stereocenters. The van der Waals surface area contributed by atoms with Gasteiger partial charge in [0.2, 0.25) is 0 Å². The van der Waals surface area contributed by atoms with E-state index in [0.717, 1.165) is 19.5 Å². The number of methoxy groups -OCH3 is 1. The van der Waals surface area contributed by atoms with Crippen molar-refractivity contribution in [1.29, 1.82) is 0 Å². The molecule has 1 aliphatic heterocycles. The molecule has 3 rings (SSSR count). The normalized spacial score (nSPS) is 17.9. The van der Waals surface area contributed by atoms with E-state index in [1.807, 2.05) is 7.11 Å². The van der Waals surface area contributed by atoms with Crippen LogP contribution < -0.4 is 5.32 Å². The second-order valence-corrected chi connectivity index (χ2v) is 4.81. The molecule has 0 saturated carbocycles. The van der Waals surface area contributed by atoms with E-state index in [4.69, 9.17) is 4.74 Å². The molecular weight excluding hydrogens is 210 g/mol. The van der Waals surface area contributed by atoms with Gasteiger partial charge in [0, 0.05) is 26.6 Å². The maximum atomic E-state index is 5.66. The Balaban J connectivity index is 2.00. The van der Waals surface area contributed by atoms with Gasteiger partial charge in [0.1, 0.15) is 0 Å². The standard InChI is InChI=1S/C15H17NO/c1-17-15(10-16-11-15)9-13-7-4-6-12-5-2-3-8-14(12)13/h2-8,16H,9-11H2,1H3. The first-order valence-electron chi connectivity index (χ1n) is 6.06. The fourth-order valence-corrected chi connectivity index (χ4v) is 2.54. The van der Waals surface area contributed by atoms with Crippen LogP contribution in [0.1, 0.15) is 5.56 Å². The third kappa shape index (κ3) is 1.84. The predicted molar refractivity (Wildman–Crippen MR) is 70.3 cm³/mol. The molecule has 0 aromatic heterocycles. The van der Waals surface area contributed by atoms with Crippen LogP contribution in [0.25, 0.3) is 10.8 Å². The van der Waals surface area contributed by atoms with Crippen molar-refractivity contribution in [2.75, 3.05) is 20.2 Å². The van der Waals surface area contributed by atoms with Crippen LogP contribution in [-0.2, 0) is 11.2 Å². The largest absolute Gasteiger partial charge is 0.375 e. The molecule has 88 valence electrons. The monoisotopic (exact) mass is 227 g/mol. The van der Waals surface area contributed by atoms with Crippen LogP contribution in [0.3, 0.4) is 0 Å². The molecule has 1 saturated heterocycles. The third-order valence-electron chi connectivity index (χ3n) is 3.72. The summed E-state index contributed by atoms with van der Waals surface area (Å²) in [4.78, 5) is 0. The van der Waals surface area contributed by atoms with E-state index in [9.17, 15) is 0 Å². The lowest BCUT2D eigenvalue weighted by Crippen LogP contribution is -2.61. The lowest BCUT2D eigenvalue weighted by Gasteiger charge is -2.41. The molecule has 0 aliphatic carbocycles. The molecule has 0 bridgehead atoms. The first kappa shape index (κ1) is 10.8. The maximum absolute atomic E-state index is 5.66. The predicted octanol–water partition coefficient (Wildman–Crippen LogP) is 2.37. The number of benzene rings is 2. The third-order valence-corrected chi connectivity index (χ3v) is 3.72. The summed E-state index contributed by atoms with van der Waals surface area (Å²) in [6, 6.07) is 15.1. The molecule has 0 atom stereocenters. The highest BCUT2D eigenvalue weighted by Gasteiger charge is 2.37. The minimum Gasteiger partial charge on any atom is -0.375 e. The highest BCUT2D eigenvalue weighted by Crippen LogP contribution is 2.26. The van der Waals surface area contributed by atoms with Crippen LogP contribution in [0.15, 0.2) is 42.5 Å². The lowest BCUT2D eigenvalue weighted by molar-refractivity contribution is -0.0500. The molecule has 1 heterocycles. The zero-order valence-corrected chi connectivity index (χ0v) is 10.1. The second kappa shape index (κ2) is 4.13. The van der Waals surface area contributed by atoms with Gasteiger partial charge in [0.05, 0.1) is 5.60 Å². The molecule has 2 nitrogen and oxygen atoms in total. The Morgan fingerprint density at radius 1 is 1.12 bits per heavy atom. The molecular formula is C15H17NO. The second-order valence-electron chi connectivity index (χ2n) is 4.81. The minimum atomic E-state index is 0.00409. The number of ether oxygens (including phenoxy) is 1. The number of nitrogens with one attached hydrogen (secondary N) is 1. The van der Waals surface area contributed by atoms with Crippen molar-refractivity contribution in [1.82, 2.24) is 5.32 Å². The van der Waals surface area contributed by atoms with Gasteiger partial charge in [-0.1, -0.05) is 42.5 Å². The Bertz CT molecular complexity index is 520. The maximum Gasteiger partial charge on any atom is 0.0966 e. The van der Waals surface area contributed by atoms with Crippen molar-refractivity contribution >= 4 is 10.8 Å². The van der Waals surface area contributed by atoms with Crippen LogP contribution >= 0.6 is 0 Å². The van der Waals surface area contributed by atoms with Crippen LogP contribution in [0.5, 0.6) is 0 Å². The van der Waals surface area contributed by atoms with Gasteiger partial charge in [-0.05, 0) is 16.3 Å². The van der Waals surface area contributed by atoms with Crippen LogP contribution in [0.2, 0.25) is 0 Å². The van der Waals surface area contributed by atoms with Gasteiger partial charge in [0.25, 0.3) is 0 Å². The van der Waals surface area contributed by atoms with Crippen molar-refractivity contribution in [3.05, 3.63) is 48.0 Å². The van der Waals surface area contributed by atoms with Gasteiger partial charge in [-0.3, -0.25) is 0 Å². The molecule has 0 spiro atoms. The number of rotatable bonds is 3. The minimum absolute atomic E-state index is 0.00409. The average molecular weight is 227 g/mol. The Kier molecular flexibility index (Phi) is 2.61. The Morgan fingerprint density at radius 3 is 2.59 bits per heavy atom. The van der Waals surface area contributed by atoms with Crippen molar-refractivity contribution in [2.24, 2.45) is 0 Å². The van der Waals surface area contributed by atoms with Crippen LogP contribution in [0, 0.1) is 0 Å². The summed E-state index contributed by atoms with van der Waals surface area (Å²) < 4.78 is 5.66. The Morgan fingerprint density at radius 2 is 1.88 bits per heavy atom. The zero-order chi connectivity index (χ0) is 11.7. The van der Waals surface area contributed by atoms with E-state index in [1.54, 1.807) is 0 Å². The van der Waals surface area contributed by atoms with Crippen molar-refractivity contribution in [2.45, 2.75) is 12.0 Å². The Labute approximate surface area is 102 Å². The lowest BCUT2D eigenvalue weighted by atomic mass is 9.87. The molecule has 0 radical (unpaired) electrons. The number of hydrogen-bond donors (Lipinski definition) is 1. The van der Waals surface area contributed by atoms with E-state index in [-0.39, 0.29) is 5.60 Å². The van der Waals surface area contributed by atoms with E-state index in [1.165, 1.54) is 16.3 Å². The zero-order valence-electron chi connectivity index (χ0n) is 10.1. The summed E-state index contributed by atoms with van der Waals surface area (Å²) in [5.74, 6) is 0.